The first-order valence-corrected chi connectivity index (χ1v) is 6.73. The van der Waals surface area contributed by atoms with Gasteiger partial charge in [0.15, 0.2) is 0 Å². The molecule has 1 aliphatic carbocycles. The minimum atomic E-state index is 0.154. The summed E-state index contributed by atoms with van der Waals surface area (Å²) in [6.07, 6.45) is 8.37. The summed E-state index contributed by atoms with van der Waals surface area (Å²) >= 11 is 0. The van der Waals surface area contributed by atoms with Crippen molar-refractivity contribution in [2.45, 2.75) is 58.8 Å². The lowest BCUT2D eigenvalue weighted by atomic mass is 9.86. The van der Waals surface area contributed by atoms with Crippen LogP contribution >= 0.6 is 0 Å². The summed E-state index contributed by atoms with van der Waals surface area (Å²) in [4.78, 5) is 12.0. The Morgan fingerprint density at radius 3 is 2.65 bits per heavy atom. The fraction of sp³-hybridized carbons (Fsp3) is 0.714. The largest absolute Gasteiger partial charge is 0.273 e. The Bertz CT molecular complexity index is 389. The molecule has 3 nitrogen and oxygen atoms in total. The van der Waals surface area contributed by atoms with Crippen molar-refractivity contribution < 1.29 is 4.79 Å². The van der Waals surface area contributed by atoms with E-state index in [4.69, 9.17) is 0 Å². The zero-order chi connectivity index (χ0) is 12.3. The highest BCUT2D eigenvalue weighted by atomic mass is 16.2. The Hall–Kier alpha value is -1.12. The van der Waals surface area contributed by atoms with Crippen LogP contribution in [0.25, 0.3) is 0 Å². The van der Waals surface area contributed by atoms with Crippen LogP contribution in [0.1, 0.15) is 61.1 Å². The third kappa shape index (κ3) is 3.18. The molecule has 1 heterocycles. The molecule has 1 fully saturated rings. The van der Waals surface area contributed by atoms with Gasteiger partial charge in [0.1, 0.15) is 0 Å². The number of carbonyl (C=O) groups excluding carboxylic acids is 1. The Morgan fingerprint density at radius 2 is 2.06 bits per heavy atom. The molecule has 2 rings (SSSR count). The molecule has 0 aromatic carbocycles. The van der Waals surface area contributed by atoms with Gasteiger partial charge in [0.2, 0.25) is 5.91 Å². The summed E-state index contributed by atoms with van der Waals surface area (Å²) < 4.78 is 1.57. The maximum atomic E-state index is 12.0. The van der Waals surface area contributed by atoms with E-state index in [2.05, 4.69) is 5.10 Å². The monoisotopic (exact) mass is 234 g/mol. The number of rotatable bonds is 3. The molecule has 0 saturated heterocycles. The van der Waals surface area contributed by atoms with Gasteiger partial charge in [0, 0.05) is 12.1 Å². The molecule has 3 heteroatoms. The van der Waals surface area contributed by atoms with Gasteiger partial charge in [-0.2, -0.15) is 5.10 Å². The SMILES string of the molecule is Cc1cc(C)n(C(=O)CCC2CCCCC2)n1. The Morgan fingerprint density at radius 1 is 1.35 bits per heavy atom. The van der Waals surface area contributed by atoms with Gasteiger partial charge in [-0.05, 0) is 32.3 Å². The third-order valence-corrected chi connectivity index (χ3v) is 3.74. The van der Waals surface area contributed by atoms with Crippen molar-refractivity contribution in [3.05, 3.63) is 17.5 Å². The normalized spacial score (nSPS) is 17.3. The third-order valence-electron chi connectivity index (χ3n) is 3.74. The number of aromatic nitrogens is 2. The summed E-state index contributed by atoms with van der Waals surface area (Å²) in [6, 6.07) is 1.96. The van der Waals surface area contributed by atoms with Crippen molar-refractivity contribution in [1.29, 1.82) is 0 Å². The van der Waals surface area contributed by atoms with Gasteiger partial charge < -0.3 is 0 Å². The van der Waals surface area contributed by atoms with Gasteiger partial charge >= 0.3 is 0 Å². The van der Waals surface area contributed by atoms with Crippen molar-refractivity contribution in [2.24, 2.45) is 5.92 Å². The van der Waals surface area contributed by atoms with E-state index >= 15 is 0 Å². The van der Waals surface area contributed by atoms with Crippen LogP contribution in [0.4, 0.5) is 0 Å². The van der Waals surface area contributed by atoms with Crippen molar-refractivity contribution in [2.75, 3.05) is 0 Å². The molecule has 0 amide bonds. The summed E-state index contributed by atoms with van der Waals surface area (Å²) in [7, 11) is 0. The summed E-state index contributed by atoms with van der Waals surface area (Å²) in [6.45, 7) is 3.87. The zero-order valence-corrected chi connectivity index (χ0v) is 10.9. The van der Waals surface area contributed by atoms with Crippen LogP contribution in [0.5, 0.6) is 0 Å². The zero-order valence-electron chi connectivity index (χ0n) is 10.9. The maximum Gasteiger partial charge on any atom is 0.247 e. The number of aryl methyl sites for hydroxylation is 2. The second kappa shape index (κ2) is 5.48. The molecule has 94 valence electrons. The molecular formula is C14H22N2O. The minimum Gasteiger partial charge on any atom is -0.273 e. The molecule has 0 aliphatic heterocycles. The minimum absolute atomic E-state index is 0.154. The van der Waals surface area contributed by atoms with E-state index in [-0.39, 0.29) is 5.91 Å². The molecule has 1 saturated carbocycles. The highest BCUT2D eigenvalue weighted by molar-refractivity contribution is 5.78. The molecule has 1 aromatic rings. The lowest BCUT2D eigenvalue weighted by Gasteiger charge is -2.20. The van der Waals surface area contributed by atoms with Crippen molar-refractivity contribution >= 4 is 5.91 Å². The molecule has 1 aliphatic rings. The standard InChI is InChI=1S/C14H22N2O/c1-11-10-12(2)16(15-11)14(17)9-8-13-6-4-3-5-7-13/h10,13H,3-9H2,1-2H3. The molecule has 0 spiro atoms. The fourth-order valence-corrected chi connectivity index (χ4v) is 2.79. The smallest absolute Gasteiger partial charge is 0.247 e. The van der Waals surface area contributed by atoms with Crippen LogP contribution in [-0.4, -0.2) is 15.7 Å². The average Bonchev–Trinajstić information content (AvgIpc) is 2.67. The predicted octanol–water partition coefficient (Wildman–Crippen LogP) is 3.50. The van der Waals surface area contributed by atoms with Gasteiger partial charge in [0.05, 0.1) is 5.69 Å². The molecular weight excluding hydrogens is 212 g/mol. The molecule has 0 unspecified atom stereocenters. The van der Waals surface area contributed by atoms with Gasteiger partial charge in [0.25, 0.3) is 0 Å². The summed E-state index contributed by atoms with van der Waals surface area (Å²) in [5.41, 5.74) is 1.88. The summed E-state index contributed by atoms with van der Waals surface area (Å²) in [5, 5.41) is 4.24. The van der Waals surface area contributed by atoms with Crippen molar-refractivity contribution in [3.8, 4) is 0 Å². The van der Waals surface area contributed by atoms with E-state index < -0.39 is 0 Å². The predicted molar refractivity (Wildman–Crippen MR) is 68.1 cm³/mol. The van der Waals surface area contributed by atoms with Crippen molar-refractivity contribution in [3.63, 3.8) is 0 Å². The van der Waals surface area contributed by atoms with Gasteiger partial charge in [-0.1, -0.05) is 32.1 Å². The van der Waals surface area contributed by atoms with Crippen LogP contribution in [0.15, 0.2) is 6.07 Å². The average molecular weight is 234 g/mol. The molecule has 0 atom stereocenters. The lowest BCUT2D eigenvalue weighted by molar-refractivity contribution is 0.0870. The second-order valence-corrected chi connectivity index (χ2v) is 5.28. The topological polar surface area (TPSA) is 34.9 Å². The summed E-state index contributed by atoms with van der Waals surface area (Å²) in [5.74, 6) is 0.922. The van der Waals surface area contributed by atoms with Gasteiger partial charge in [-0.25, -0.2) is 4.68 Å². The Kier molecular flexibility index (Phi) is 3.97. The molecule has 0 bridgehead atoms. The van der Waals surface area contributed by atoms with Crippen LogP contribution in [0, 0.1) is 19.8 Å². The van der Waals surface area contributed by atoms with Crippen LogP contribution in [0.3, 0.4) is 0 Å². The maximum absolute atomic E-state index is 12.0. The first-order chi connectivity index (χ1) is 8.16. The van der Waals surface area contributed by atoms with E-state index in [0.29, 0.717) is 6.42 Å². The Labute approximate surface area is 103 Å². The number of nitrogens with zero attached hydrogens (tertiary/aromatic N) is 2. The highest BCUT2D eigenvalue weighted by Gasteiger charge is 2.16. The van der Waals surface area contributed by atoms with Gasteiger partial charge in [-0.3, -0.25) is 4.79 Å². The molecule has 1 aromatic heterocycles. The van der Waals surface area contributed by atoms with Crippen LogP contribution in [0.2, 0.25) is 0 Å². The van der Waals surface area contributed by atoms with E-state index in [1.165, 1.54) is 32.1 Å². The quantitative estimate of drug-likeness (QED) is 0.802. The Balaban J connectivity index is 1.86. The van der Waals surface area contributed by atoms with Crippen molar-refractivity contribution in [1.82, 2.24) is 9.78 Å². The number of hydrogen-bond donors (Lipinski definition) is 0. The molecule has 0 radical (unpaired) electrons. The highest BCUT2D eigenvalue weighted by Crippen LogP contribution is 2.27. The second-order valence-electron chi connectivity index (χ2n) is 5.28. The van der Waals surface area contributed by atoms with E-state index in [1.807, 2.05) is 19.9 Å². The van der Waals surface area contributed by atoms with E-state index in [1.54, 1.807) is 4.68 Å². The van der Waals surface area contributed by atoms with E-state index in [9.17, 15) is 4.79 Å². The molecule has 0 N–H and O–H groups in total. The fourth-order valence-electron chi connectivity index (χ4n) is 2.79. The van der Waals surface area contributed by atoms with E-state index in [0.717, 1.165) is 23.7 Å². The number of hydrogen-bond acceptors (Lipinski definition) is 2. The molecule has 17 heavy (non-hydrogen) atoms. The van der Waals surface area contributed by atoms with Gasteiger partial charge in [-0.15, -0.1) is 0 Å². The first-order valence-electron chi connectivity index (χ1n) is 6.73. The lowest BCUT2D eigenvalue weighted by Crippen LogP contribution is -2.16. The number of carbonyl (C=O) groups is 1. The van der Waals surface area contributed by atoms with Crippen LogP contribution in [-0.2, 0) is 0 Å². The first kappa shape index (κ1) is 12.3. The van der Waals surface area contributed by atoms with Crippen LogP contribution < -0.4 is 0 Å².